The summed E-state index contributed by atoms with van der Waals surface area (Å²) < 4.78 is 18.9. The Bertz CT molecular complexity index is 856. The van der Waals surface area contributed by atoms with Gasteiger partial charge in [0.05, 0.1) is 18.6 Å². The molecule has 0 fully saturated rings. The Morgan fingerprint density at radius 3 is 2.70 bits per heavy atom. The first-order valence-electron chi connectivity index (χ1n) is 7.97. The lowest BCUT2D eigenvalue weighted by Gasteiger charge is -2.18. The standard InChI is InChI=1S/C18H19ClFN3O4/c1-11-7-16(23(25)26)17(27-3)8-15(11)21-18(24)10-22(2)9-12-13(19)5-4-6-14(12)20/h4-8H,9-10H2,1-3H3,(H,21,24). The van der Waals surface area contributed by atoms with Crippen LogP contribution in [-0.2, 0) is 11.3 Å². The highest BCUT2D eigenvalue weighted by Gasteiger charge is 2.19. The molecule has 1 amide bonds. The third kappa shape index (κ3) is 5.15. The number of aryl methyl sites for hydroxylation is 1. The molecule has 0 bridgehead atoms. The number of nitro groups is 1. The monoisotopic (exact) mass is 395 g/mol. The number of nitrogens with zero attached hydrogens (tertiary/aromatic N) is 2. The van der Waals surface area contributed by atoms with Crippen LogP contribution in [0.25, 0.3) is 0 Å². The maximum Gasteiger partial charge on any atom is 0.311 e. The minimum atomic E-state index is -0.552. The summed E-state index contributed by atoms with van der Waals surface area (Å²) in [5.41, 5.74) is 1.05. The second-order valence-corrected chi connectivity index (χ2v) is 6.42. The minimum Gasteiger partial charge on any atom is -0.490 e. The highest BCUT2D eigenvalue weighted by molar-refractivity contribution is 6.31. The second kappa shape index (κ2) is 8.79. The molecule has 7 nitrogen and oxygen atoms in total. The highest BCUT2D eigenvalue weighted by Crippen LogP contribution is 2.32. The number of likely N-dealkylation sites (N-methyl/N-ethyl adjacent to an activating group) is 1. The topological polar surface area (TPSA) is 84.7 Å². The summed E-state index contributed by atoms with van der Waals surface area (Å²) in [6.07, 6.45) is 0. The number of anilines is 1. The molecule has 0 radical (unpaired) electrons. The first-order valence-corrected chi connectivity index (χ1v) is 8.35. The average Bonchev–Trinajstić information content (AvgIpc) is 2.59. The number of carbonyl (C=O) groups is 1. The van der Waals surface area contributed by atoms with E-state index in [-0.39, 0.29) is 30.4 Å². The number of rotatable bonds is 7. The number of methoxy groups -OCH3 is 1. The maximum atomic E-state index is 13.9. The van der Waals surface area contributed by atoms with Crippen molar-refractivity contribution >= 4 is 28.9 Å². The van der Waals surface area contributed by atoms with Crippen molar-refractivity contribution in [3.8, 4) is 5.75 Å². The average molecular weight is 396 g/mol. The molecule has 0 heterocycles. The van der Waals surface area contributed by atoms with Crippen molar-refractivity contribution in [1.29, 1.82) is 0 Å². The first-order chi connectivity index (χ1) is 12.7. The number of ether oxygens (including phenoxy) is 1. The van der Waals surface area contributed by atoms with Gasteiger partial charge in [0.15, 0.2) is 5.75 Å². The SMILES string of the molecule is COc1cc(NC(=O)CN(C)Cc2c(F)cccc2Cl)c(C)cc1[N+](=O)[O-]. The summed E-state index contributed by atoms with van der Waals surface area (Å²) in [6, 6.07) is 7.14. The number of hydrogen-bond acceptors (Lipinski definition) is 5. The van der Waals surface area contributed by atoms with Crippen LogP contribution >= 0.6 is 11.6 Å². The molecule has 0 aliphatic heterocycles. The fraction of sp³-hybridized carbons (Fsp3) is 0.278. The summed E-state index contributed by atoms with van der Waals surface area (Å²) in [5, 5.41) is 14.0. The summed E-state index contributed by atoms with van der Waals surface area (Å²) in [7, 11) is 2.97. The zero-order chi connectivity index (χ0) is 20.1. The summed E-state index contributed by atoms with van der Waals surface area (Å²) in [6.45, 7) is 1.77. The van der Waals surface area contributed by atoms with Crippen molar-refractivity contribution in [3.05, 3.63) is 62.4 Å². The van der Waals surface area contributed by atoms with Gasteiger partial charge in [-0.3, -0.25) is 19.8 Å². The van der Waals surface area contributed by atoms with Crippen molar-refractivity contribution in [1.82, 2.24) is 4.90 Å². The van der Waals surface area contributed by atoms with Gasteiger partial charge in [-0.2, -0.15) is 0 Å². The lowest BCUT2D eigenvalue weighted by atomic mass is 10.1. The predicted octanol–water partition coefficient (Wildman–Crippen LogP) is 3.77. The zero-order valence-electron chi connectivity index (χ0n) is 15.1. The van der Waals surface area contributed by atoms with E-state index < -0.39 is 10.7 Å². The fourth-order valence-electron chi connectivity index (χ4n) is 2.56. The Morgan fingerprint density at radius 2 is 2.11 bits per heavy atom. The van der Waals surface area contributed by atoms with E-state index >= 15 is 0 Å². The predicted molar refractivity (Wildman–Crippen MR) is 101 cm³/mol. The Morgan fingerprint density at radius 1 is 1.41 bits per heavy atom. The number of nitrogens with one attached hydrogen (secondary N) is 1. The molecule has 0 unspecified atom stereocenters. The number of benzene rings is 2. The van der Waals surface area contributed by atoms with Gasteiger partial charge in [0.2, 0.25) is 5.91 Å². The number of amides is 1. The number of halogens is 2. The van der Waals surface area contributed by atoms with Gasteiger partial charge in [-0.05, 0) is 31.7 Å². The molecule has 2 aromatic rings. The normalized spacial score (nSPS) is 10.7. The Kier molecular flexibility index (Phi) is 6.70. The van der Waals surface area contributed by atoms with Crippen LogP contribution in [0.2, 0.25) is 5.02 Å². The van der Waals surface area contributed by atoms with Crippen molar-refractivity contribution in [2.75, 3.05) is 26.0 Å². The maximum absolute atomic E-state index is 13.9. The van der Waals surface area contributed by atoms with Gasteiger partial charge in [0.25, 0.3) is 0 Å². The lowest BCUT2D eigenvalue weighted by Crippen LogP contribution is -2.30. The van der Waals surface area contributed by atoms with E-state index in [9.17, 15) is 19.3 Å². The quantitative estimate of drug-likeness (QED) is 0.569. The minimum absolute atomic E-state index is 0.0244. The molecule has 1 N–H and O–H groups in total. The van der Waals surface area contributed by atoms with Gasteiger partial charge in [-0.1, -0.05) is 17.7 Å². The summed E-state index contributed by atoms with van der Waals surface area (Å²) >= 11 is 6.00. The van der Waals surface area contributed by atoms with E-state index in [1.807, 2.05) is 0 Å². The molecule has 0 aromatic heterocycles. The van der Waals surface area contributed by atoms with Crippen molar-refractivity contribution in [3.63, 3.8) is 0 Å². The van der Waals surface area contributed by atoms with Crippen molar-refractivity contribution < 1.29 is 18.8 Å². The molecular weight excluding hydrogens is 377 g/mol. The molecule has 0 saturated heterocycles. The molecular formula is C18H19ClFN3O4. The zero-order valence-corrected chi connectivity index (χ0v) is 15.8. The highest BCUT2D eigenvalue weighted by atomic mass is 35.5. The van der Waals surface area contributed by atoms with Gasteiger partial charge in [0.1, 0.15) is 5.82 Å². The van der Waals surface area contributed by atoms with Gasteiger partial charge in [-0.25, -0.2) is 4.39 Å². The van der Waals surface area contributed by atoms with E-state index in [2.05, 4.69) is 5.32 Å². The number of nitro benzene ring substituents is 1. The van der Waals surface area contributed by atoms with Crippen LogP contribution in [0.3, 0.4) is 0 Å². The van der Waals surface area contributed by atoms with E-state index in [1.54, 1.807) is 24.9 Å². The van der Waals surface area contributed by atoms with E-state index in [1.165, 1.54) is 31.4 Å². The van der Waals surface area contributed by atoms with Crippen LogP contribution in [0.4, 0.5) is 15.8 Å². The van der Waals surface area contributed by atoms with E-state index in [0.29, 0.717) is 21.8 Å². The second-order valence-electron chi connectivity index (χ2n) is 6.02. The van der Waals surface area contributed by atoms with E-state index in [0.717, 1.165) is 0 Å². The Balaban J connectivity index is 2.08. The van der Waals surface area contributed by atoms with Crippen LogP contribution in [0.1, 0.15) is 11.1 Å². The molecule has 144 valence electrons. The third-order valence-corrected chi connectivity index (χ3v) is 4.25. The van der Waals surface area contributed by atoms with E-state index in [4.69, 9.17) is 16.3 Å². The van der Waals surface area contributed by atoms with Crippen LogP contribution in [0.5, 0.6) is 5.75 Å². The summed E-state index contributed by atoms with van der Waals surface area (Å²) in [4.78, 5) is 24.4. The van der Waals surface area contributed by atoms with Gasteiger partial charge < -0.3 is 10.1 Å². The molecule has 0 spiro atoms. The fourth-order valence-corrected chi connectivity index (χ4v) is 2.78. The van der Waals surface area contributed by atoms with Gasteiger partial charge in [0, 0.05) is 35.0 Å². The van der Waals surface area contributed by atoms with Crippen LogP contribution < -0.4 is 10.1 Å². The third-order valence-electron chi connectivity index (χ3n) is 3.90. The molecule has 2 aromatic carbocycles. The van der Waals surface area contributed by atoms with Crippen molar-refractivity contribution in [2.45, 2.75) is 13.5 Å². The van der Waals surface area contributed by atoms with Crippen LogP contribution in [-0.4, -0.2) is 36.4 Å². The number of hydrogen-bond donors (Lipinski definition) is 1. The smallest absolute Gasteiger partial charge is 0.311 e. The van der Waals surface area contributed by atoms with Gasteiger partial charge in [-0.15, -0.1) is 0 Å². The Labute approximate surface area is 160 Å². The molecule has 0 aliphatic rings. The molecule has 27 heavy (non-hydrogen) atoms. The molecule has 0 saturated carbocycles. The summed E-state index contributed by atoms with van der Waals surface area (Å²) in [5.74, 6) is -0.748. The molecule has 2 rings (SSSR count). The number of carbonyl (C=O) groups excluding carboxylic acids is 1. The molecule has 9 heteroatoms. The van der Waals surface area contributed by atoms with Crippen LogP contribution in [0, 0.1) is 22.9 Å². The molecule has 0 atom stereocenters. The molecule has 0 aliphatic carbocycles. The largest absolute Gasteiger partial charge is 0.490 e. The van der Waals surface area contributed by atoms with Crippen LogP contribution in [0.15, 0.2) is 30.3 Å². The lowest BCUT2D eigenvalue weighted by molar-refractivity contribution is -0.385. The Hall–Kier alpha value is -2.71. The van der Waals surface area contributed by atoms with Gasteiger partial charge >= 0.3 is 5.69 Å². The van der Waals surface area contributed by atoms with Crippen molar-refractivity contribution in [2.24, 2.45) is 0 Å². The first kappa shape index (κ1) is 20.6.